The van der Waals surface area contributed by atoms with Gasteiger partial charge in [-0.25, -0.2) is 0 Å². The lowest BCUT2D eigenvalue weighted by molar-refractivity contribution is -0.0844. The van der Waals surface area contributed by atoms with Gasteiger partial charge in [-0.3, -0.25) is 0 Å². The van der Waals surface area contributed by atoms with Gasteiger partial charge in [0.1, 0.15) is 0 Å². The standard InChI is InChI=1S/C19H32.CH4.B.H2/c1-12-13(2)19-16-9-5-6-14(16)10-11-18(19)17-8-4-3-7-15(12)17;;;/h12-19H,3-11H2,1-2H3;1H4;;1H/i;;;1+1. The predicted octanol–water partition coefficient (Wildman–Crippen LogP) is 6.02. The van der Waals surface area contributed by atoms with Gasteiger partial charge in [-0.2, -0.15) is 0 Å². The molecule has 0 heterocycles. The van der Waals surface area contributed by atoms with Gasteiger partial charge in [0.05, 0.1) is 0 Å². The zero-order valence-electron chi connectivity index (χ0n) is 13.6. The number of rotatable bonds is 0. The summed E-state index contributed by atoms with van der Waals surface area (Å²) in [6, 6.07) is 0. The quantitative estimate of drug-likeness (QED) is 0.478. The van der Waals surface area contributed by atoms with Crippen LogP contribution >= 0.6 is 0 Å². The van der Waals surface area contributed by atoms with Crippen LogP contribution in [0.3, 0.4) is 0 Å². The molecule has 121 valence electrons. The highest BCUT2D eigenvalue weighted by molar-refractivity contribution is 5.75. The van der Waals surface area contributed by atoms with Crippen LogP contribution in [0.2, 0.25) is 0 Å². The molecule has 4 aliphatic rings. The Labute approximate surface area is 136 Å². The Morgan fingerprint density at radius 3 is 2.05 bits per heavy atom. The fourth-order valence-electron chi connectivity index (χ4n) is 7.24. The summed E-state index contributed by atoms with van der Waals surface area (Å²) in [5.41, 5.74) is 0. The molecule has 21 heavy (non-hydrogen) atoms. The summed E-state index contributed by atoms with van der Waals surface area (Å²) >= 11 is 0. The summed E-state index contributed by atoms with van der Waals surface area (Å²) in [5, 5.41) is 0. The second kappa shape index (κ2) is 6.67. The topological polar surface area (TPSA) is 0 Å². The van der Waals surface area contributed by atoms with Crippen molar-refractivity contribution >= 4 is 8.41 Å². The van der Waals surface area contributed by atoms with Gasteiger partial charge in [-0.1, -0.05) is 47.0 Å². The molecule has 3 radical (unpaired) electrons. The van der Waals surface area contributed by atoms with Crippen LogP contribution < -0.4 is 0 Å². The molecule has 0 aromatic heterocycles. The molecule has 8 atom stereocenters. The van der Waals surface area contributed by atoms with E-state index in [1.54, 1.807) is 51.4 Å². The van der Waals surface area contributed by atoms with Gasteiger partial charge < -0.3 is 0 Å². The highest BCUT2D eigenvalue weighted by Gasteiger charge is 2.53. The first-order chi connectivity index (χ1) is 9.27. The van der Waals surface area contributed by atoms with Gasteiger partial charge in [0, 0.05) is 9.84 Å². The van der Waals surface area contributed by atoms with Gasteiger partial charge in [-0.15, -0.1) is 0 Å². The maximum absolute atomic E-state index is 2.63. The van der Waals surface area contributed by atoms with Crippen molar-refractivity contribution in [2.75, 3.05) is 0 Å². The molecule has 0 aromatic rings. The maximum Gasteiger partial charge on any atom is 0 e. The molecule has 4 rings (SSSR count). The van der Waals surface area contributed by atoms with Gasteiger partial charge in [0.25, 0.3) is 0 Å². The second-order valence-corrected chi connectivity index (χ2v) is 8.50. The van der Waals surface area contributed by atoms with E-state index in [-0.39, 0.29) is 17.3 Å². The van der Waals surface area contributed by atoms with E-state index in [0.29, 0.717) is 0 Å². The molecular weight excluding hydrogens is 251 g/mol. The Hall–Kier alpha value is 0.0649. The third-order valence-corrected chi connectivity index (χ3v) is 8.11. The largest absolute Gasteiger partial charge is 0.0776 e. The van der Waals surface area contributed by atoms with Crippen LogP contribution in [0.1, 0.15) is 80.5 Å². The SMILES string of the molecule is C.CC1C(C)C2C3CCCC3CCC2C2CCCCC12.[2HH].[B]. The van der Waals surface area contributed by atoms with Crippen LogP contribution in [0.4, 0.5) is 0 Å². The average Bonchev–Trinajstić information content (AvgIpc) is 2.92. The lowest BCUT2D eigenvalue weighted by atomic mass is 9.48. The third kappa shape index (κ3) is 2.61. The van der Waals surface area contributed by atoms with E-state index in [9.17, 15) is 0 Å². The molecule has 0 nitrogen and oxygen atoms in total. The van der Waals surface area contributed by atoms with E-state index in [1.165, 1.54) is 6.42 Å². The minimum atomic E-state index is 0. The number of hydrogen-bond acceptors (Lipinski definition) is 0. The lowest BCUT2D eigenvalue weighted by Crippen LogP contribution is -2.50. The van der Waals surface area contributed by atoms with Crippen molar-refractivity contribution in [2.24, 2.45) is 47.3 Å². The van der Waals surface area contributed by atoms with Crippen molar-refractivity contribution in [1.29, 1.82) is 0 Å². The molecule has 0 saturated heterocycles. The Kier molecular flexibility index (Phi) is 5.53. The molecule has 0 bridgehead atoms. The van der Waals surface area contributed by atoms with Crippen molar-refractivity contribution in [2.45, 2.75) is 79.1 Å². The first-order valence-electron chi connectivity index (χ1n) is 9.27. The summed E-state index contributed by atoms with van der Waals surface area (Å²) in [6.07, 6.45) is 14.1. The van der Waals surface area contributed by atoms with Crippen molar-refractivity contribution in [1.82, 2.24) is 0 Å². The van der Waals surface area contributed by atoms with E-state index in [4.69, 9.17) is 0 Å². The molecule has 0 aliphatic heterocycles. The molecule has 8 unspecified atom stereocenters. The monoisotopic (exact) mass is 290 g/mol. The van der Waals surface area contributed by atoms with Crippen molar-refractivity contribution < 1.29 is 1.43 Å². The highest BCUT2D eigenvalue weighted by atomic mass is 14.6. The first kappa shape index (κ1) is 17.4. The van der Waals surface area contributed by atoms with Crippen LogP contribution in [0.5, 0.6) is 0 Å². The molecule has 1 heteroatoms. The third-order valence-electron chi connectivity index (χ3n) is 8.11. The predicted molar refractivity (Wildman–Crippen MR) is 95.4 cm³/mol. The summed E-state index contributed by atoms with van der Waals surface area (Å²) in [6.45, 7) is 5.25. The average molecular weight is 290 g/mol. The molecule has 0 spiro atoms. The van der Waals surface area contributed by atoms with Crippen LogP contribution in [0.15, 0.2) is 0 Å². The maximum atomic E-state index is 2.63. The zero-order valence-corrected chi connectivity index (χ0v) is 13.6. The first-order valence-corrected chi connectivity index (χ1v) is 9.27. The van der Waals surface area contributed by atoms with Gasteiger partial charge in [0.15, 0.2) is 0 Å². The molecular formula is C20H38B. The molecule has 4 aliphatic carbocycles. The van der Waals surface area contributed by atoms with E-state index in [2.05, 4.69) is 13.8 Å². The normalized spacial score (nSPS) is 51.7. The number of fused-ring (bicyclic) bond motifs is 5. The smallest absolute Gasteiger partial charge is 0 e. The molecule has 0 aromatic carbocycles. The molecule has 0 amide bonds. The minimum absolute atomic E-state index is 0. The van der Waals surface area contributed by atoms with Crippen molar-refractivity contribution in [3.05, 3.63) is 0 Å². The van der Waals surface area contributed by atoms with E-state index in [1.807, 2.05) is 0 Å². The molecule has 4 fully saturated rings. The van der Waals surface area contributed by atoms with Crippen LogP contribution in [-0.2, 0) is 0 Å². The Morgan fingerprint density at radius 1 is 0.619 bits per heavy atom. The summed E-state index contributed by atoms with van der Waals surface area (Å²) in [4.78, 5) is 0. The molecule has 4 saturated carbocycles. The molecule has 0 N–H and O–H groups in total. The Balaban J connectivity index is 0.000000807. The van der Waals surface area contributed by atoms with Crippen molar-refractivity contribution in [3.8, 4) is 0 Å². The van der Waals surface area contributed by atoms with E-state index >= 15 is 0 Å². The minimum Gasteiger partial charge on any atom is -0.0776 e. The van der Waals surface area contributed by atoms with Crippen LogP contribution in [0, 0.1) is 47.3 Å². The number of hydrogen-bond donors (Lipinski definition) is 0. The van der Waals surface area contributed by atoms with Crippen LogP contribution in [0.25, 0.3) is 0 Å². The Bertz CT molecular complexity index is 345. The van der Waals surface area contributed by atoms with Gasteiger partial charge in [-0.05, 0) is 79.4 Å². The van der Waals surface area contributed by atoms with Crippen molar-refractivity contribution in [3.63, 3.8) is 0 Å². The van der Waals surface area contributed by atoms with Gasteiger partial charge in [0.2, 0.25) is 0 Å². The highest BCUT2D eigenvalue weighted by Crippen LogP contribution is 2.61. The Morgan fingerprint density at radius 2 is 1.29 bits per heavy atom. The summed E-state index contributed by atoms with van der Waals surface area (Å²) in [7, 11) is 0. The van der Waals surface area contributed by atoms with Gasteiger partial charge >= 0.3 is 0 Å². The van der Waals surface area contributed by atoms with Crippen LogP contribution in [-0.4, -0.2) is 8.41 Å². The second-order valence-electron chi connectivity index (χ2n) is 8.50. The summed E-state index contributed by atoms with van der Waals surface area (Å²) in [5.74, 6) is 8.80. The lowest BCUT2D eigenvalue weighted by Gasteiger charge is -2.57. The zero-order chi connectivity index (χ0) is 13.0. The summed E-state index contributed by atoms with van der Waals surface area (Å²) < 4.78 is 0. The van der Waals surface area contributed by atoms with E-state index < -0.39 is 0 Å². The fraction of sp³-hybridized carbons (Fsp3) is 1.00. The fourth-order valence-corrected chi connectivity index (χ4v) is 7.24. The van der Waals surface area contributed by atoms with E-state index in [0.717, 1.165) is 47.3 Å².